The molecule has 0 N–H and O–H groups in total. The Bertz CT molecular complexity index is 1510. The molecule has 1 aromatic carbocycles. The van der Waals surface area contributed by atoms with Crippen LogP contribution in [0.15, 0.2) is 35.4 Å². The molecule has 0 spiro atoms. The van der Waals surface area contributed by atoms with Crippen LogP contribution < -0.4 is 10.5 Å². The third-order valence-corrected chi connectivity index (χ3v) is 6.59. The first kappa shape index (κ1) is 21.8. The molecule has 2 fully saturated rings. The number of halogens is 2. The maximum atomic E-state index is 14.8. The highest BCUT2D eigenvalue weighted by molar-refractivity contribution is 5.89. The van der Waals surface area contributed by atoms with Gasteiger partial charge in [0.15, 0.2) is 5.52 Å². The lowest BCUT2D eigenvalue weighted by atomic mass is 10.1. The van der Waals surface area contributed by atoms with Crippen LogP contribution in [0.5, 0.6) is 0 Å². The van der Waals surface area contributed by atoms with Crippen molar-refractivity contribution in [3.05, 3.63) is 64.0 Å². The Morgan fingerprint density at radius 2 is 1.94 bits per heavy atom. The molecule has 1 atom stereocenters. The van der Waals surface area contributed by atoms with Crippen LogP contribution in [0.4, 0.5) is 14.7 Å². The first-order valence-electron chi connectivity index (χ1n) is 11.5. The van der Waals surface area contributed by atoms with Gasteiger partial charge >= 0.3 is 0 Å². The Labute approximate surface area is 199 Å². The SMILES string of the molecule is Cc1nc2c(-c3ccc(F)cc3F)nc(N3CCO[C@@H](c4cnn(C5CC5)c4)C3)nc2c(=O)n1C. The van der Waals surface area contributed by atoms with Crippen molar-refractivity contribution < 1.29 is 13.5 Å². The highest BCUT2D eigenvalue weighted by atomic mass is 19.1. The number of anilines is 1. The smallest absolute Gasteiger partial charge is 0.279 e. The number of benzene rings is 1. The van der Waals surface area contributed by atoms with Crippen LogP contribution in [0.2, 0.25) is 0 Å². The highest BCUT2D eigenvalue weighted by Gasteiger charge is 2.29. The van der Waals surface area contributed by atoms with E-state index in [1.165, 1.54) is 10.6 Å². The molecule has 11 heteroatoms. The lowest BCUT2D eigenvalue weighted by molar-refractivity contribution is 0.0392. The van der Waals surface area contributed by atoms with E-state index in [0.717, 1.165) is 30.5 Å². The molecule has 0 unspecified atom stereocenters. The zero-order valence-electron chi connectivity index (χ0n) is 19.3. The van der Waals surface area contributed by atoms with Crippen LogP contribution in [-0.2, 0) is 11.8 Å². The number of aryl methyl sites for hydroxylation is 1. The fourth-order valence-electron chi connectivity index (χ4n) is 4.34. The van der Waals surface area contributed by atoms with Crippen molar-refractivity contribution in [1.29, 1.82) is 0 Å². The van der Waals surface area contributed by atoms with E-state index in [0.29, 0.717) is 31.6 Å². The zero-order valence-corrected chi connectivity index (χ0v) is 19.3. The summed E-state index contributed by atoms with van der Waals surface area (Å²) >= 11 is 0. The van der Waals surface area contributed by atoms with Crippen molar-refractivity contribution in [3.8, 4) is 11.3 Å². The van der Waals surface area contributed by atoms with Crippen molar-refractivity contribution in [2.24, 2.45) is 7.05 Å². The maximum Gasteiger partial charge on any atom is 0.279 e. The Morgan fingerprint density at radius 3 is 2.71 bits per heavy atom. The van der Waals surface area contributed by atoms with Gasteiger partial charge in [-0.15, -0.1) is 0 Å². The minimum Gasteiger partial charge on any atom is -0.370 e. The Balaban J connectivity index is 1.45. The second-order valence-corrected chi connectivity index (χ2v) is 9.01. The molecule has 4 aromatic rings. The van der Waals surface area contributed by atoms with Gasteiger partial charge in [-0.2, -0.15) is 5.10 Å². The summed E-state index contributed by atoms with van der Waals surface area (Å²) in [5.41, 5.74) is 1.04. The molecule has 3 aromatic heterocycles. The van der Waals surface area contributed by atoms with E-state index in [2.05, 4.69) is 20.1 Å². The van der Waals surface area contributed by atoms with E-state index in [1.807, 2.05) is 22.0 Å². The average molecular weight is 479 g/mol. The summed E-state index contributed by atoms with van der Waals surface area (Å²) in [6.07, 6.45) is 5.84. The van der Waals surface area contributed by atoms with Crippen molar-refractivity contribution in [3.63, 3.8) is 0 Å². The Morgan fingerprint density at radius 1 is 1.11 bits per heavy atom. The second kappa shape index (κ2) is 8.19. The van der Waals surface area contributed by atoms with Crippen molar-refractivity contribution in [1.82, 2.24) is 29.3 Å². The molecule has 4 heterocycles. The number of fused-ring (bicyclic) bond motifs is 1. The Hall–Kier alpha value is -3.73. The molecule has 0 bridgehead atoms. The number of hydrogen-bond acceptors (Lipinski definition) is 7. The number of morpholine rings is 1. The van der Waals surface area contributed by atoms with E-state index in [4.69, 9.17) is 4.74 Å². The van der Waals surface area contributed by atoms with Crippen molar-refractivity contribution >= 4 is 17.0 Å². The molecule has 0 amide bonds. The van der Waals surface area contributed by atoms with Gasteiger partial charge in [-0.25, -0.2) is 23.7 Å². The van der Waals surface area contributed by atoms with Crippen LogP contribution in [0.1, 0.15) is 36.4 Å². The van der Waals surface area contributed by atoms with Crippen LogP contribution in [-0.4, -0.2) is 49.0 Å². The van der Waals surface area contributed by atoms with Crippen LogP contribution in [0.25, 0.3) is 22.3 Å². The summed E-state index contributed by atoms with van der Waals surface area (Å²) in [7, 11) is 1.60. The number of aromatic nitrogens is 6. The molecule has 1 saturated heterocycles. The van der Waals surface area contributed by atoms with Gasteiger partial charge in [-0.1, -0.05) is 0 Å². The quantitative estimate of drug-likeness (QED) is 0.444. The summed E-state index contributed by atoms with van der Waals surface area (Å²) in [6.45, 7) is 3.02. The molecule has 35 heavy (non-hydrogen) atoms. The molecular formula is C24H23F2N7O2. The summed E-state index contributed by atoms with van der Waals surface area (Å²) in [6, 6.07) is 3.72. The lowest BCUT2D eigenvalue weighted by Gasteiger charge is -2.32. The summed E-state index contributed by atoms with van der Waals surface area (Å²) < 4.78 is 37.8. The zero-order chi connectivity index (χ0) is 24.3. The fourth-order valence-corrected chi connectivity index (χ4v) is 4.34. The van der Waals surface area contributed by atoms with E-state index < -0.39 is 11.6 Å². The van der Waals surface area contributed by atoms with Gasteiger partial charge in [0.05, 0.1) is 25.4 Å². The van der Waals surface area contributed by atoms with Crippen LogP contribution in [0.3, 0.4) is 0 Å². The molecule has 180 valence electrons. The third kappa shape index (κ3) is 3.85. The normalized spacial score (nSPS) is 18.4. The summed E-state index contributed by atoms with van der Waals surface area (Å²) in [5, 5.41) is 4.45. The third-order valence-electron chi connectivity index (χ3n) is 6.59. The van der Waals surface area contributed by atoms with E-state index in [-0.39, 0.29) is 39.9 Å². The summed E-state index contributed by atoms with van der Waals surface area (Å²) in [5.74, 6) is -0.792. The predicted molar refractivity (Wildman–Crippen MR) is 124 cm³/mol. The first-order valence-corrected chi connectivity index (χ1v) is 11.5. The van der Waals surface area contributed by atoms with Crippen LogP contribution >= 0.6 is 0 Å². The fraction of sp³-hybridized carbons (Fsp3) is 0.375. The molecular weight excluding hydrogens is 456 g/mol. The first-order chi connectivity index (χ1) is 16.9. The standard InChI is InChI=1S/C24H23F2N7O2/c1-13-28-21-20(17-6-3-15(25)9-18(17)26)29-24(30-22(21)23(34)31(13)2)32-7-8-35-19(12-32)14-10-27-33(11-14)16-4-5-16/h3,6,9-11,16,19H,4-5,7-8,12H2,1-2H3/t19-/m1/s1. The van der Waals surface area contributed by atoms with Gasteiger partial charge in [0.2, 0.25) is 5.95 Å². The van der Waals surface area contributed by atoms with E-state index >= 15 is 0 Å². The van der Waals surface area contributed by atoms with Gasteiger partial charge in [0.1, 0.15) is 34.8 Å². The lowest BCUT2D eigenvalue weighted by Crippen LogP contribution is -2.39. The topological polar surface area (TPSA) is 91.0 Å². The number of rotatable bonds is 4. The van der Waals surface area contributed by atoms with Crippen LogP contribution in [0, 0.1) is 18.6 Å². The number of ether oxygens (including phenoxy) is 1. The van der Waals surface area contributed by atoms with Gasteiger partial charge < -0.3 is 9.64 Å². The van der Waals surface area contributed by atoms with Gasteiger partial charge in [0.25, 0.3) is 5.56 Å². The van der Waals surface area contributed by atoms with E-state index in [1.54, 1.807) is 14.0 Å². The van der Waals surface area contributed by atoms with Crippen molar-refractivity contribution in [2.75, 3.05) is 24.6 Å². The largest absolute Gasteiger partial charge is 0.370 e. The number of nitrogens with zero attached hydrogens (tertiary/aromatic N) is 7. The minimum absolute atomic E-state index is 0.0516. The average Bonchev–Trinajstić information content (AvgIpc) is 3.59. The monoisotopic (exact) mass is 479 g/mol. The van der Waals surface area contributed by atoms with E-state index in [9.17, 15) is 13.6 Å². The molecule has 1 saturated carbocycles. The maximum absolute atomic E-state index is 14.8. The molecule has 6 rings (SSSR count). The van der Waals surface area contributed by atoms with Gasteiger partial charge in [-0.05, 0) is 31.9 Å². The van der Waals surface area contributed by atoms with Gasteiger partial charge in [0, 0.05) is 37.0 Å². The molecule has 0 radical (unpaired) electrons. The van der Waals surface area contributed by atoms with Crippen molar-refractivity contribution in [2.45, 2.75) is 31.9 Å². The molecule has 1 aliphatic carbocycles. The molecule has 9 nitrogen and oxygen atoms in total. The minimum atomic E-state index is -0.788. The van der Waals surface area contributed by atoms with Gasteiger partial charge in [-0.3, -0.25) is 14.0 Å². The predicted octanol–water partition coefficient (Wildman–Crippen LogP) is 3.09. The highest BCUT2D eigenvalue weighted by Crippen LogP contribution is 2.35. The molecule has 2 aliphatic rings. The summed E-state index contributed by atoms with van der Waals surface area (Å²) in [4.78, 5) is 28.7. The second-order valence-electron chi connectivity index (χ2n) is 9.01. The number of hydrogen-bond donors (Lipinski definition) is 0. The Kier molecular flexibility index (Phi) is 5.10. The molecule has 1 aliphatic heterocycles.